The molecule has 13 heteroatoms. The first-order valence-corrected chi connectivity index (χ1v) is 15.9. The zero-order valence-corrected chi connectivity index (χ0v) is 27.3. The summed E-state index contributed by atoms with van der Waals surface area (Å²) in [6, 6.07) is 7.18. The standard InChI is InChI=1S/C34H47N5O8/c1-19(2)16-27(34(46)47)37-32(44)28-6-5-15-39(28)33(45)29(20(3)4)38-31(43)26(18-22-9-13-24(41)14-10-22)36-30(42)25(35)17-21-7-11-23(40)12-8-21/h7-14,19-20,25-29,40-41H,5-6,15-18,35H2,1-4H3,(H,36,42)(H,37,44)(H,38,43)(H,46,47)/t25-,26-,27-,28-,29-/m0/s1. The third kappa shape index (κ3) is 10.7. The fraction of sp³-hybridized carbons (Fsp3) is 0.500. The lowest BCUT2D eigenvalue weighted by Gasteiger charge is -2.32. The summed E-state index contributed by atoms with van der Waals surface area (Å²) in [6.45, 7) is 7.46. The van der Waals surface area contributed by atoms with Gasteiger partial charge in [-0.3, -0.25) is 19.2 Å². The third-order valence-corrected chi connectivity index (χ3v) is 8.13. The zero-order valence-electron chi connectivity index (χ0n) is 27.3. The number of hydrogen-bond donors (Lipinski definition) is 7. The molecule has 256 valence electrons. The molecule has 8 N–H and O–H groups in total. The Morgan fingerprint density at radius 2 is 1.36 bits per heavy atom. The Labute approximate surface area is 274 Å². The molecule has 1 heterocycles. The van der Waals surface area contributed by atoms with E-state index in [0.29, 0.717) is 24.0 Å². The van der Waals surface area contributed by atoms with Gasteiger partial charge < -0.3 is 41.9 Å². The average molecular weight is 654 g/mol. The minimum Gasteiger partial charge on any atom is -0.508 e. The topological polar surface area (TPSA) is 211 Å². The number of hydrogen-bond acceptors (Lipinski definition) is 8. The van der Waals surface area contributed by atoms with Crippen molar-refractivity contribution < 1.29 is 39.3 Å². The van der Waals surface area contributed by atoms with Crippen molar-refractivity contribution in [3.05, 3.63) is 59.7 Å². The summed E-state index contributed by atoms with van der Waals surface area (Å²) in [5.41, 5.74) is 7.52. The van der Waals surface area contributed by atoms with E-state index in [1.807, 2.05) is 13.8 Å². The molecular formula is C34H47N5O8. The predicted molar refractivity (Wildman–Crippen MR) is 174 cm³/mol. The molecule has 13 nitrogen and oxygen atoms in total. The van der Waals surface area contributed by atoms with Gasteiger partial charge in [0.2, 0.25) is 23.6 Å². The molecule has 1 aliphatic rings. The number of carbonyl (C=O) groups is 5. The number of phenolic OH excluding ortho intramolecular Hbond substituents is 2. The second-order valence-corrected chi connectivity index (χ2v) is 12.9. The van der Waals surface area contributed by atoms with Gasteiger partial charge in [-0.1, -0.05) is 52.0 Å². The predicted octanol–water partition coefficient (Wildman–Crippen LogP) is 1.44. The van der Waals surface area contributed by atoms with Crippen LogP contribution in [0.2, 0.25) is 0 Å². The van der Waals surface area contributed by atoms with Crippen LogP contribution >= 0.6 is 0 Å². The summed E-state index contributed by atoms with van der Waals surface area (Å²) in [7, 11) is 0. The van der Waals surface area contributed by atoms with E-state index in [0.717, 1.165) is 0 Å². The van der Waals surface area contributed by atoms with Crippen LogP contribution in [0, 0.1) is 11.8 Å². The number of nitrogens with zero attached hydrogens (tertiary/aromatic N) is 1. The number of aromatic hydroxyl groups is 2. The number of nitrogens with two attached hydrogens (primary N) is 1. The quantitative estimate of drug-likeness (QED) is 0.148. The van der Waals surface area contributed by atoms with E-state index in [9.17, 15) is 39.3 Å². The number of carboxylic acids is 1. The van der Waals surface area contributed by atoms with E-state index in [-0.39, 0.29) is 43.2 Å². The summed E-state index contributed by atoms with van der Waals surface area (Å²) in [5.74, 6) is -3.71. The van der Waals surface area contributed by atoms with Crippen molar-refractivity contribution in [2.24, 2.45) is 17.6 Å². The van der Waals surface area contributed by atoms with Crippen LogP contribution in [-0.4, -0.2) is 86.6 Å². The van der Waals surface area contributed by atoms with Gasteiger partial charge in [0.25, 0.3) is 0 Å². The molecule has 4 amide bonds. The first kappa shape index (κ1) is 36.8. The Hall–Kier alpha value is -4.65. The first-order valence-electron chi connectivity index (χ1n) is 15.9. The Morgan fingerprint density at radius 3 is 1.87 bits per heavy atom. The van der Waals surface area contributed by atoms with E-state index in [2.05, 4.69) is 16.0 Å². The van der Waals surface area contributed by atoms with E-state index in [4.69, 9.17) is 5.73 Å². The van der Waals surface area contributed by atoms with Gasteiger partial charge in [0.1, 0.15) is 35.7 Å². The minimum absolute atomic E-state index is 0.0237. The van der Waals surface area contributed by atoms with Crippen LogP contribution in [0.25, 0.3) is 0 Å². The number of phenols is 2. The van der Waals surface area contributed by atoms with Crippen molar-refractivity contribution in [2.75, 3.05) is 6.54 Å². The van der Waals surface area contributed by atoms with Crippen LogP contribution in [0.5, 0.6) is 11.5 Å². The first-order chi connectivity index (χ1) is 22.2. The van der Waals surface area contributed by atoms with Crippen molar-refractivity contribution >= 4 is 29.6 Å². The Balaban J connectivity index is 1.78. The van der Waals surface area contributed by atoms with Gasteiger partial charge in [-0.05, 0) is 72.9 Å². The Bertz CT molecular complexity index is 1400. The average Bonchev–Trinajstić information content (AvgIpc) is 3.51. The van der Waals surface area contributed by atoms with Crippen LogP contribution in [0.3, 0.4) is 0 Å². The number of amides is 4. The number of aliphatic carboxylic acids is 1. The summed E-state index contributed by atoms with van der Waals surface area (Å²) < 4.78 is 0. The maximum absolute atomic E-state index is 13.9. The zero-order chi connectivity index (χ0) is 34.8. The number of carboxylic acid groups (broad SMARTS) is 1. The van der Waals surface area contributed by atoms with Crippen molar-refractivity contribution in [2.45, 2.75) is 90.0 Å². The molecule has 1 aliphatic heterocycles. The Morgan fingerprint density at radius 1 is 0.809 bits per heavy atom. The van der Waals surface area contributed by atoms with Crippen LogP contribution in [0.1, 0.15) is 58.1 Å². The van der Waals surface area contributed by atoms with E-state index < -0.39 is 65.7 Å². The molecule has 0 spiro atoms. The molecule has 3 rings (SSSR count). The van der Waals surface area contributed by atoms with Gasteiger partial charge in [0, 0.05) is 13.0 Å². The van der Waals surface area contributed by atoms with E-state index in [1.165, 1.54) is 29.2 Å². The minimum atomic E-state index is -1.15. The SMILES string of the molecule is CC(C)C[C@H](NC(=O)[C@@H]1CCCN1C(=O)[C@@H](NC(=O)[C@H](Cc1ccc(O)cc1)NC(=O)[C@@H](N)Cc1ccc(O)cc1)C(C)C)C(=O)O. The molecule has 0 radical (unpaired) electrons. The molecule has 47 heavy (non-hydrogen) atoms. The maximum Gasteiger partial charge on any atom is 0.326 e. The van der Waals surface area contributed by atoms with Crippen LogP contribution < -0.4 is 21.7 Å². The van der Waals surface area contributed by atoms with Crippen LogP contribution in [0.15, 0.2) is 48.5 Å². The number of carbonyl (C=O) groups excluding carboxylic acids is 4. The van der Waals surface area contributed by atoms with Crippen molar-refractivity contribution in [3.63, 3.8) is 0 Å². The highest BCUT2D eigenvalue weighted by Crippen LogP contribution is 2.22. The van der Waals surface area contributed by atoms with Gasteiger partial charge in [-0.25, -0.2) is 4.79 Å². The lowest BCUT2D eigenvalue weighted by molar-refractivity contribution is -0.145. The van der Waals surface area contributed by atoms with Crippen molar-refractivity contribution in [3.8, 4) is 11.5 Å². The summed E-state index contributed by atoms with van der Waals surface area (Å²) >= 11 is 0. The number of rotatable bonds is 15. The number of nitrogens with one attached hydrogen (secondary N) is 3. The second-order valence-electron chi connectivity index (χ2n) is 12.9. The summed E-state index contributed by atoms with van der Waals surface area (Å²) in [4.78, 5) is 67.2. The molecule has 1 saturated heterocycles. The molecule has 5 atom stereocenters. The highest BCUT2D eigenvalue weighted by Gasteiger charge is 2.40. The lowest BCUT2D eigenvalue weighted by atomic mass is 9.99. The molecule has 2 aromatic rings. The van der Waals surface area contributed by atoms with Gasteiger partial charge in [0.15, 0.2) is 0 Å². The molecule has 1 fully saturated rings. The third-order valence-electron chi connectivity index (χ3n) is 8.13. The van der Waals surface area contributed by atoms with Gasteiger partial charge in [-0.2, -0.15) is 0 Å². The molecule has 2 aromatic carbocycles. The summed E-state index contributed by atoms with van der Waals surface area (Å²) in [5, 5.41) is 36.9. The monoisotopic (exact) mass is 653 g/mol. The molecular weight excluding hydrogens is 606 g/mol. The van der Waals surface area contributed by atoms with Crippen molar-refractivity contribution in [1.29, 1.82) is 0 Å². The summed E-state index contributed by atoms with van der Waals surface area (Å²) in [6.07, 6.45) is 1.29. The number of likely N-dealkylation sites (tertiary alicyclic amines) is 1. The fourth-order valence-corrected chi connectivity index (χ4v) is 5.54. The normalized spacial score (nSPS) is 17.1. The van der Waals surface area contributed by atoms with Crippen LogP contribution in [0.4, 0.5) is 0 Å². The smallest absolute Gasteiger partial charge is 0.326 e. The fourth-order valence-electron chi connectivity index (χ4n) is 5.54. The van der Waals surface area contributed by atoms with Crippen LogP contribution in [-0.2, 0) is 36.8 Å². The van der Waals surface area contributed by atoms with E-state index in [1.54, 1.807) is 38.1 Å². The van der Waals surface area contributed by atoms with Gasteiger partial charge in [-0.15, -0.1) is 0 Å². The van der Waals surface area contributed by atoms with E-state index >= 15 is 0 Å². The molecule has 0 aromatic heterocycles. The molecule has 0 saturated carbocycles. The molecule has 0 bridgehead atoms. The van der Waals surface area contributed by atoms with Gasteiger partial charge in [0.05, 0.1) is 6.04 Å². The van der Waals surface area contributed by atoms with Crippen molar-refractivity contribution in [1.82, 2.24) is 20.9 Å². The highest BCUT2D eigenvalue weighted by molar-refractivity contribution is 5.96. The number of benzene rings is 2. The second kappa shape index (κ2) is 16.8. The highest BCUT2D eigenvalue weighted by atomic mass is 16.4. The molecule has 0 aliphatic carbocycles. The Kier molecular flexibility index (Phi) is 13.1. The maximum atomic E-state index is 13.9. The molecule has 0 unspecified atom stereocenters. The largest absolute Gasteiger partial charge is 0.508 e. The van der Waals surface area contributed by atoms with Gasteiger partial charge >= 0.3 is 5.97 Å². The lowest BCUT2D eigenvalue weighted by Crippen LogP contribution is -2.60.